The molecule has 0 unspecified atom stereocenters. The van der Waals surface area contributed by atoms with E-state index < -0.39 is 28.8 Å². The minimum Gasteiger partial charge on any atom is -0.352 e. The number of fused-ring (bicyclic) bond motifs is 6. The van der Waals surface area contributed by atoms with Gasteiger partial charge in [-0.25, -0.2) is 0 Å². The van der Waals surface area contributed by atoms with Crippen LogP contribution >= 0.6 is 11.6 Å². The molecule has 5 nitrogen and oxygen atoms in total. The summed E-state index contributed by atoms with van der Waals surface area (Å²) in [6.45, 7) is 9.71. The standard InChI is InChI=1S/C33H31ClN2O3/c1-18-10-15-25-22(16-18)19(2)17-26-33(23-8-6-7-9-24(23)35-31(33)39)27(28(36(25)26)30(38)32(3,4)5)29(37)20-11-13-21(34)14-12-20/h6-17,26-28H,1-5H3,(H,35,39)/t26-,27-,28-,33-/m0/s1. The highest BCUT2D eigenvalue weighted by Crippen LogP contribution is 2.59. The van der Waals surface area contributed by atoms with E-state index in [-0.39, 0.29) is 17.5 Å². The van der Waals surface area contributed by atoms with Gasteiger partial charge in [0.2, 0.25) is 5.91 Å². The molecule has 1 fully saturated rings. The van der Waals surface area contributed by atoms with Crippen molar-refractivity contribution in [3.63, 3.8) is 0 Å². The maximum atomic E-state index is 14.7. The molecule has 1 saturated heterocycles. The summed E-state index contributed by atoms with van der Waals surface area (Å²) in [6, 6.07) is 19.0. The van der Waals surface area contributed by atoms with Crippen molar-refractivity contribution in [2.45, 2.75) is 52.1 Å². The Hall–Kier alpha value is -3.70. The van der Waals surface area contributed by atoms with Gasteiger partial charge in [-0.15, -0.1) is 0 Å². The van der Waals surface area contributed by atoms with Crippen molar-refractivity contribution in [3.8, 4) is 0 Å². The SMILES string of the molecule is CC1=C[C@@H]2N(c3ccc(C)cc31)[C@H](C(=O)C(C)(C)C)[C@@H](C(=O)c1ccc(Cl)cc1)[C@@]21C(=O)Nc2ccccc21. The van der Waals surface area contributed by atoms with Gasteiger partial charge in [-0.3, -0.25) is 14.4 Å². The molecule has 1 spiro atoms. The van der Waals surface area contributed by atoms with Crippen molar-refractivity contribution in [2.24, 2.45) is 11.3 Å². The van der Waals surface area contributed by atoms with Gasteiger partial charge in [-0.2, -0.15) is 0 Å². The molecule has 3 aliphatic heterocycles. The highest BCUT2D eigenvalue weighted by molar-refractivity contribution is 6.30. The molecule has 3 aromatic rings. The Morgan fingerprint density at radius 1 is 0.974 bits per heavy atom. The Kier molecular flexibility index (Phi) is 5.67. The number of nitrogens with one attached hydrogen (secondary N) is 1. The van der Waals surface area contributed by atoms with E-state index in [1.165, 1.54) is 0 Å². The molecule has 1 N–H and O–H groups in total. The maximum Gasteiger partial charge on any atom is 0.238 e. The fourth-order valence-electron chi connectivity index (χ4n) is 6.78. The fraction of sp³-hybridized carbons (Fsp3) is 0.303. The average Bonchev–Trinajstić information content (AvgIpc) is 3.35. The maximum absolute atomic E-state index is 14.7. The number of allylic oxidation sites excluding steroid dienone is 1. The lowest BCUT2D eigenvalue weighted by Crippen LogP contribution is -2.51. The molecule has 198 valence electrons. The fourth-order valence-corrected chi connectivity index (χ4v) is 6.91. The molecular formula is C33H31ClN2O3. The molecule has 0 radical (unpaired) electrons. The van der Waals surface area contributed by atoms with Crippen LogP contribution in [0.4, 0.5) is 11.4 Å². The van der Waals surface area contributed by atoms with Crippen LogP contribution in [0.2, 0.25) is 5.02 Å². The molecule has 1 amide bonds. The third kappa shape index (κ3) is 3.56. The van der Waals surface area contributed by atoms with E-state index in [1.807, 2.05) is 71.0 Å². The highest BCUT2D eigenvalue weighted by Gasteiger charge is 2.71. The van der Waals surface area contributed by atoms with Crippen LogP contribution in [0.5, 0.6) is 0 Å². The third-order valence-corrected chi connectivity index (χ3v) is 8.80. The number of benzene rings is 3. The van der Waals surface area contributed by atoms with Gasteiger partial charge in [-0.1, -0.05) is 68.3 Å². The van der Waals surface area contributed by atoms with Crippen molar-refractivity contribution < 1.29 is 14.4 Å². The number of Topliss-reactive ketones (excluding diaryl/α,β-unsaturated/α-hetero) is 2. The van der Waals surface area contributed by atoms with Crippen LogP contribution in [0.15, 0.2) is 72.8 Å². The van der Waals surface area contributed by atoms with Crippen LogP contribution in [0.3, 0.4) is 0 Å². The molecule has 0 bridgehead atoms. The van der Waals surface area contributed by atoms with Crippen LogP contribution in [0.25, 0.3) is 5.57 Å². The van der Waals surface area contributed by atoms with Gasteiger partial charge in [0.25, 0.3) is 0 Å². The second-order valence-corrected chi connectivity index (χ2v) is 12.4. The molecule has 6 rings (SSSR count). The average molecular weight is 539 g/mol. The minimum atomic E-state index is -1.30. The summed E-state index contributed by atoms with van der Waals surface area (Å²) < 4.78 is 0. The molecule has 4 atom stereocenters. The first kappa shape index (κ1) is 25.6. The van der Waals surface area contributed by atoms with Crippen molar-refractivity contribution in [1.29, 1.82) is 0 Å². The lowest BCUT2D eigenvalue weighted by molar-refractivity contribution is -0.128. The predicted molar refractivity (Wildman–Crippen MR) is 155 cm³/mol. The second kappa shape index (κ2) is 8.65. The molecule has 6 heteroatoms. The summed E-state index contributed by atoms with van der Waals surface area (Å²) in [5.74, 6) is -1.53. The van der Waals surface area contributed by atoms with Crippen LogP contribution in [-0.2, 0) is 15.0 Å². The van der Waals surface area contributed by atoms with Crippen molar-refractivity contribution >= 4 is 46.0 Å². The Morgan fingerprint density at radius 3 is 2.36 bits per heavy atom. The Balaban J connectivity index is 1.70. The molecule has 0 aromatic heterocycles. The molecule has 0 saturated carbocycles. The van der Waals surface area contributed by atoms with E-state index in [4.69, 9.17) is 11.6 Å². The van der Waals surface area contributed by atoms with Crippen LogP contribution in [0.1, 0.15) is 54.7 Å². The zero-order chi connectivity index (χ0) is 27.9. The quantitative estimate of drug-likeness (QED) is 0.380. The van der Waals surface area contributed by atoms with Crippen molar-refractivity contribution in [3.05, 3.63) is 100 Å². The molecule has 0 aliphatic carbocycles. The van der Waals surface area contributed by atoms with Gasteiger partial charge in [0.15, 0.2) is 11.6 Å². The van der Waals surface area contributed by atoms with Crippen LogP contribution in [-0.4, -0.2) is 29.6 Å². The summed E-state index contributed by atoms with van der Waals surface area (Å²) in [4.78, 5) is 45.6. The third-order valence-electron chi connectivity index (χ3n) is 8.55. The minimum absolute atomic E-state index is 0.0756. The lowest BCUT2D eigenvalue weighted by atomic mass is 9.63. The normalized spacial score (nSPS) is 25.1. The molecule has 3 heterocycles. The van der Waals surface area contributed by atoms with Crippen molar-refractivity contribution in [1.82, 2.24) is 0 Å². The molecular weight excluding hydrogens is 508 g/mol. The number of carbonyl (C=O) groups excluding carboxylic acids is 3. The number of para-hydroxylation sites is 1. The number of hydrogen-bond acceptors (Lipinski definition) is 4. The topological polar surface area (TPSA) is 66.5 Å². The zero-order valence-corrected chi connectivity index (χ0v) is 23.5. The number of carbonyl (C=O) groups is 3. The molecule has 39 heavy (non-hydrogen) atoms. The van der Waals surface area contributed by atoms with Crippen LogP contribution in [0, 0.1) is 18.3 Å². The van der Waals surface area contributed by atoms with Gasteiger partial charge >= 0.3 is 0 Å². The van der Waals surface area contributed by atoms with Gasteiger partial charge in [-0.05, 0) is 67.4 Å². The summed E-state index contributed by atoms with van der Waals surface area (Å²) in [7, 11) is 0. The number of aryl methyl sites for hydroxylation is 1. The van der Waals surface area contributed by atoms with E-state index in [9.17, 15) is 14.4 Å². The van der Waals surface area contributed by atoms with Crippen LogP contribution < -0.4 is 10.2 Å². The first-order valence-corrected chi connectivity index (χ1v) is 13.7. The lowest BCUT2D eigenvalue weighted by Gasteiger charge is -2.40. The van der Waals surface area contributed by atoms with E-state index in [0.717, 1.165) is 28.0 Å². The largest absolute Gasteiger partial charge is 0.352 e. The number of amides is 1. The number of rotatable bonds is 3. The van der Waals surface area contributed by atoms with E-state index in [1.54, 1.807) is 24.3 Å². The molecule has 3 aliphatic rings. The number of nitrogens with zero attached hydrogens (tertiary/aromatic N) is 1. The van der Waals surface area contributed by atoms with E-state index in [0.29, 0.717) is 16.3 Å². The summed E-state index contributed by atoms with van der Waals surface area (Å²) in [6.07, 6.45) is 2.08. The van der Waals surface area contributed by atoms with Gasteiger partial charge < -0.3 is 10.2 Å². The first-order chi connectivity index (χ1) is 18.5. The Morgan fingerprint density at radius 2 is 1.67 bits per heavy atom. The Bertz CT molecular complexity index is 1580. The van der Waals surface area contributed by atoms with E-state index >= 15 is 0 Å². The molecule has 3 aromatic carbocycles. The van der Waals surface area contributed by atoms with Gasteiger partial charge in [0.1, 0.15) is 11.5 Å². The van der Waals surface area contributed by atoms with Crippen molar-refractivity contribution in [2.75, 3.05) is 10.2 Å². The second-order valence-electron chi connectivity index (χ2n) is 12.0. The summed E-state index contributed by atoms with van der Waals surface area (Å²) >= 11 is 6.16. The number of anilines is 2. The zero-order valence-electron chi connectivity index (χ0n) is 22.7. The van der Waals surface area contributed by atoms with Gasteiger partial charge in [0.05, 0.1) is 12.0 Å². The smallest absolute Gasteiger partial charge is 0.238 e. The van der Waals surface area contributed by atoms with Gasteiger partial charge in [0, 0.05) is 32.9 Å². The first-order valence-electron chi connectivity index (χ1n) is 13.3. The van der Waals surface area contributed by atoms with E-state index in [2.05, 4.69) is 22.4 Å². The predicted octanol–water partition coefficient (Wildman–Crippen LogP) is 6.63. The highest BCUT2D eigenvalue weighted by atomic mass is 35.5. The summed E-state index contributed by atoms with van der Waals surface area (Å²) in [5, 5.41) is 3.59. The number of ketones is 2. The Labute approximate surface area is 233 Å². The summed E-state index contributed by atoms with van der Waals surface area (Å²) in [5.41, 5.74) is 3.81. The number of hydrogen-bond donors (Lipinski definition) is 1. The number of halogens is 1. The monoisotopic (exact) mass is 538 g/mol.